The number of aryl methyl sites for hydroxylation is 1. The monoisotopic (exact) mass is 475 g/mol. The lowest BCUT2D eigenvalue weighted by Crippen LogP contribution is -2.39. The Balaban J connectivity index is 1.86. The molecule has 7 nitrogen and oxygen atoms in total. The number of nitrogens with zero attached hydrogens (tertiary/aromatic N) is 2. The molecule has 1 aromatic heterocycles. The summed E-state index contributed by atoms with van der Waals surface area (Å²) in [5, 5.41) is 2.73. The zero-order valence-corrected chi connectivity index (χ0v) is 20.2. The van der Waals surface area contributed by atoms with Crippen molar-refractivity contribution in [2.45, 2.75) is 33.7 Å². The highest BCUT2D eigenvalue weighted by Crippen LogP contribution is 2.30. The van der Waals surface area contributed by atoms with Gasteiger partial charge in [-0.25, -0.2) is 9.79 Å². The highest BCUT2D eigenvalue weighted by atomic mass is 32.1. The number of hydrogen-bond donors (Lipinski definition) is 1. The van der Waals surface area contributed by atoms with Crippen LogP contribution in [-0.2, 0) is 14.3 Å². The lowest BCUT2D eigenvalue weighted by Gasteiger charge is -2.24. The molecule has 34 heavy (non-hydrogen) atoms. The minimum atomic E-state index is -0.625. The SMILES string of the molecule is CCOC(=O)C1=C(C)N=c2s/c(=C/c3ccc(NC(C)=O)cc3)c(=O)n2[C@@H]1c1ccc(C)cc1. The van der Waals surface area contributed by atoms with Gasteiger partial charge in [0.15, 0.2) is 4.80 Å². The topological polar surface area (TPSA) is 89.8 Å². The molecule has 1 aliphatic heterocycles. The third-order valence-corrected chi connectivity index (χ3v) is 6.42. The van der Waals surface area contributed by atoms with Gasteiger partial charge in [-0.05, 0) is 50.1 Å². The van der Waals surface area contributed by atoms with Crippen LogP contribution in [0.1, 0.15) is 43.5 Å². The van der Waals surface area contributed by atoms with Gasteiger partial charge in [0, 0.05) is 12.6 Å². The van der Waals surface area contributed by atoms with Crippen molar-refractivity contribution in [3.05, 3.63) is 96.2 Å². The number of fused-ring (bicyclic) bond motifs is 1. The van der Waals surface area contributed by atoms with Gasteiger partial charge >= 0.3 is 5.97 Å². The summed E-state index contributed by atoms with van der Waals surface area (Å²) in [7, 11) is 0. The number of allylic oxidation sites excluding steroid dienone is 1. The molecule has 2 heterocycles. The molecular formula is C26H25N3O4S. The van der Waals surface area contributed by atoms with E-state index >= 15 is 0 Å². The van der Waals surface area contributed by atoms with Crippen molar-refractivity contribution in [2.24, 2.45) is 4.99 Å². The first-order chi connectivity index (χ1) is 16.3. The van der Waals surface area contributed by atoms with Gasteiger partial charge in [0.1, 0.15) is 0 Å². The Morgan fingerprint density at radius 1 is 1.12 bits per heavy atom. The zero-order valence-electron chi connectivity index (χ0n) is 19.4. The number of carbonyl (C=O) groups is 2. The van der Waals surface area contributed by atoms with Crippen LogP contribution < -0.4 is 20.2 Å². The van der Waals surface area contributed by atoms with Gasteiger partial charge in [-0.2, -0.15) is 0 Å². The maximum absolute atomic E-state index is 13.6. The minimum Gasteiger partial charge on any atom is -0.463 e. The number of amides is 1. The normalized spacial score (nSPS) is 15.5. The minimum absolute atomic E-state index is 0.148. The van der Waals surface area contributed by atoms with Gasteiger partial charge in [-0.15, -0.1) is 0 Å². The number of nitrogens with one attached hydrogen (secondary N) is 1. The second kappa shape index (κ2) is 9.61. The van der Waals surface area contributed by atoms with Crippen LogP contribution in [-0.4, -0.2) is 23.1 Å². The third kappa shape index (κ3) is 4.63. The molecule has 1 atom stereocenters. The van der Waals surface area contributed by atoms with Crippen molar-refractivity contribution in [1.29, 1.82) is 0 Å². The molecule has 0 aliphatic carbocycles. The summed E-state index contributed by atoms with van der Waals surface area (Å²) in [5.41, 5.74) is 4.07. The largest absolute Gasteiger partial charge is 0.463 e. The average molecular weight is 476 g/mol. The molecule has 8 heteroatoms. The predicted molar refractivity (Wildman–Crippen MR) is 132 cm³/mol. The molecule has 2 aromatic carbocycles. The maximum atomic E-state index is 13.6. The Labute approximate surface area is 200 Å². The molecule has 1 amide bonds. The van der Waals surface area contributed by atoms with Gasteiger partial charge in [0.25, 0.3) is 5.56 Å². The van der Waals surface area contributed by atoms with Crippen LogP contribution in [0.5, 0.6) is 0 Å². The van der Waals surface area contributed by atoms with E-state index in [-0.39, 0.29) is 18.1 Å². The molecule has 174 valence electrons. The summed E-state index contributed by atoms with van der Waals surface area (Å²) in [4.78, 5) is 42.8. The second-order valence-corrected chi connectivity index (χ2v) is 9.03. The van der Waals surface area contributed by atoms with Crippen LogP contribution in [0.3, 0.4) is 0 Å². The van der Waals surface area contributed by atoms with Crippen LogP contribution in [0.25, 0.3) is 6.08 Å². The molecule has 1 N–H and O–H groups in total. The Morgan fingerprint density at radius 3 is 2.41 bits per heavy atom. The summed E-state index contributed by atoms with van der Waals surface area (Å²) in [6.45, 7) is 7.19. The summed E-state index contributed by atoms with van der Waals surface area (Å²) < 4.78 is 7.39. The number of ether oxygens (including phenoxy) is 1. The van der Waals surface area contributed by atoms with Crippen molar-refractivity contribution in [3.63, 3.8) is 0 Å². The molecule has 1 aliphatic rings. The molecule has 0 saturated carbocycles. The fraction of sp³-hybridized carbons (Fsp3) is 0.231. The van der Waals surface area contributed by atoms with Gasteiger partial charge in [0.2, 0.25) is 5.91 Å². The number of anilines is 1. The van der Waals surface area contributed by atoms with Gasteiger partial charge in [-0.1, -0.05) is 53.3 Å². The summed E-state index contributed by atoms with van der Waals surface area (Å²) in [5.74, 6) is -0.623. The van der Waals surface area contributed by atoms with Crippen LogP contribution in [0.4, 0.5) is 5.69 Å². The molecule has 0 unspecified atom stereocenters. The lowest BCUT2D eigenvalue weighted by molar-refractivity contribution is -0.139. The Kier molecular flexibility index (Phi) is 6.61. The van der Waals surface area contributed by atoms with E-state index in [4.69, 9.17) is 4.74 Å². The molecular weight excluding hydrogens is 450 g/mol. The first kappa shape index (κ1) is 23.4. The van der Waals surface area contributed by atoms with E-state index in [1.165, 1.54) is 18.3 Å². The van der Waals surface area contributed by atoms with Crippen LogP contribution in [0.2, 0.25) is 0 Å². The lowest BCUT2D eigenvalue weighted by atomic mass is 9.95. The number of esters is 1. The summed E-state index contributed by atoms with van der Waals surface area (Å²) in [6.07, 6.45) is 1.79. The van der Waals surface area contributed by atoms with Crippen LogP contribution in [0.15, 0.2) is 69.6 Å². The van der Waals surface area contributed by atoms with E-state index < -0.39 is 12.0 Å². The first-order valence-electron chi connectivity index (χ1n) is 10.9. The second-order valence-electron chi connectivity index (χ2n) is 8.02. The average Bonchev–Trinajstić information content (AvgIpc) is 3.09. The molecule has 0 bridgehead atoms. The first-order valence-corrected chi connectivity index (χ1v) is 11.7. The number of benzene rings is 2. The Morgan fingerprint density at radius 2 is 1.79 bits per heavy atom. The highest BCUT2D eigenvalue weighted by Gasteiger charge is 2.33. The molecule has 0 spiro atoms. The van der Waals surface area contributed by atoms with E-state index in [1.807, 2.05) is 43.3 Å². The van der Waals surface area contributed by atoms with Crippen molar-refractivity contribution in [2.75, 3.05) is 11.9 Å². The predicted octanol–water partition coefficient (Wildman–Crippen LogP) is 3.07. The summed E-state index contributed by atoms with van der Waals surface area (Å²) in [6, 6.07) is 14.4. The molecule has 4 rings (SSSR count). The van der Waals surface area contributed by atoms with E-state index in [0.717, 1.165) is 16.7 Å². The molecule has 0 fully saturated rings. The van der Waals surface area contributed by atoms with E-state index in [0.29, 0.717) is 26.3 Å². The molecule has 0 radical (unpaired) electrons. The fourth-order valence-electron chi connectivity index (χ4n) is 3.87. The smallest absolute Gasteiger partial charge is 0.338 e. The van der Waals surface area contributed by atoms with Crippen molar-refractivity contribution < 1.29 is 14.3 Å². The standard InChI is InChI=1S/C26H25N3O4S/c1-5-33-25(32)22-16(3)27-26-29(23(22)19-10-6-15(2)7-11-19)24(31)21(34-26)14-18-8-12-20(13-9-18)28-17(4)30/h6-14,23H,5H2,1-4H3,(H,28,30)/b21-14+/t23-/m1/s1. The van der Waals surface area contributed by atoms with Gasteiger partial charge < -0.3 is 10.1 Å². The van der Waals surface area contributed by atoms with Crippen LogP contribution >= 0.6 is 11.3 Å². The van der Waals surface area contributed by atoms with Crippen LogP contribution in [0, 0.1) is 6.92 Å². The Hall–Kier alpha value is -3.78. The number of rotatable bonds is 5. The quantitative estimate of drug-likeness (QED) is 0.575. The van der Waals surface area contributed by atoms with E-state index in [1.54, 1.807) is 36.6 Å². The number of aromatic nitrogens is 1. The van der Waals surface area contributed by atoms with E-state index in [2.05, 4.69) is 10.3 Å². The molecule has 3 aromatic rings. The summed E-state index contributed by atoms with van der Waals surface area (Å²) >= 11 is 1.28. The number of hydrogen-bond acceptors (Lipinski definition) is 6. The van der Waals surface area contributed by atoms with Crippen molar-refractivity contribution >= 4 is 35.0 Å². The van der Waals surface area contributed by atoms with Gasteiger partial charge in [0.05, 0.1) is 28.5 Å². The van der Waals surface area contributed by atoms with Crippen molar-refractivity contribution in [1.82, 2.24) is 4.57 Å². The molecule has 0 saturated heterocycles. The number of thiazole rings is 1. The maximum Gasteiger partial charge on any atom is 0.338 e. The van der Waals surface area contributed by atoms with E-state index in [9.17, 15) is 14.4 Å². The number of carbonyl (C=O) groups excluding carboxylic acids is 2. The highest BCUT2D eigenvalue weighted by molar-refractivity contribution is 7.07. The van der Waals surface area contributed by atoms with Gasteiger partial charge in [-0.3, -0.25) is 14.2 Å². The third-order valence-electron chi connectivity index (χ3n) is 5.44. The van der Waals surface area contributed by atoms with Crippen molar-refractivity contribution in [3.8, 4) is 0 Å². The fourth-order valence-corrected chi connectivity index (χ4v) is 4.92. The Bertz CT molecular complexity index is 1460. The zero-order chi connectivity index (χ0) is 24.4.